The van der Waals surface area contributed by atoms with Gasteiger partial charge < -0.3 is 25.2 Å². The Morgan fingerprint density at radius 2 is 2.00 bits per heavy atom. The van der Waals surface area contributed by atoms with Crippen molar-refractivity contribution in [3.8, 4) is 5.75 Å². The largest absolute Gasteiger partial charge is 0.489 e. The maximum absolute atomic E-state index is 12.8. The molecule has 10 heteroatoms. The van der Waals surface area contributed by atoms with Crippen molar-refractivity contribution in [2.24, 2.45) is 0 Å². The van der Waals surface area contributed by atoms with Crippen molar-refractivity contribution in [1.82, 2.24) is 15.2 Å². The number of carbonyl (C=O) groups excluding carboxylic acids is 1. The van der Waals surface area contributed by atoms with Gasteiger partial charge in [-0.2, -0.15) is 0 Å². The highest BCUT2D eigenvalue weighted by atomic mass is 32.1. The van der Waals surface area contributed by atoms with Crippen LogP contribution in [0.15, 0.2) is 60.1 Å². The van der Waals surface area contributed by atoms with E-state index in [0.29, 0.717) is 31.2 Å². The third kappa shape index (κ3) is 6.02. The number of amides is 1. The Morgan fingerprint density at radius 3 is 2.72 bits per heavy atom. The smallest absolute Gasteiger partial charge is 0.408 e. The average Bonchev–Trinajstić information content (AvgIpc) is 2.78. The number of aromatic nitrogens is 1. The van der Waals surface area contributed by atoms with Gasteiger partial charge in [0.1, 0.15) is 17.3 Å². The maximum atomic E-state index is 12.8. The number of thiocarbonyl (C=S) groups is 1. The van der Waals surface area contributed by atoms with E-state index in [9.17, 15) is 14.7 Å². The minimum Gasteiger partial charge on any atom is -0.489 e. The van der Waals surface area contributed by atoms with Crippen LogP contribution in [0.2, 0.25) is 0 Å². The molecule has 0 unspecified atom stereocenters. The molecule has 1 amide bonds. The monoisotopic (exact) mass is 456 g/mol. The van der Waals surface area contributed by atoms with E-state index in [-0.39, 0.29) is 29.4 Å². The maximum Gasteiger partial charge on any atom is 0.408 e. The molecule has 0 fully saturated rings. The predicted molar refractivity (Wildman–Crippen MR) is 123 cm³/mol. The lowest BCUT2D eigenvalue weighted by Gasteiger charge is -2.29. The molecule has 1 aromatic heterocycles. The van der Waals surface area contributed by atoms with Gasteiger partial charge in [-0.3, -0.25) is 14.7 Å². The number of pyridine rings is 1. The third-order valence-corrected chi connectivity index (χ3v) is 5.01. The van der Waals surface area contributed by atoms with Crippen molar-refractivity contribution in [3.63, 3.8) is 0 Å². The van der Waals surface area contributed by atoms with Crippen LogP contribution < -0.4 is 15.4 Å². The molecule has 168 valence electrons. The van der Waals surface area contributed by atoms with Gasteiger partial charge >= 0.3 is 6.09 Å². The van der Waals surface area contributed by atoms with Crippen molar-refractivity contribution in [2.75, 3.05) is 38.7 Å². The molecule has 0 aliphatic carbocycles. The number of Topliss-reactive ketones (excluding diaryl/α,β-unsaturated/α-hetero) is 1. The SMILES string of the molecule is COCCOc1cnccc1CNC1=C(C(=S)Nc2ccccc2)C(=O)CN(C(=O)O)C1. The fourth-order valence-corrected chi connectivity index (χ4v) is 3.48. The van der Waals surface area contributed by atoms with Gasteiger partial charge in [0.25, 0.3) is 0 Å². The van der Waals surface area contributed by atoms with Crippen LogP contribution in [0, 0.1) is 0 Å². The standard InChI is InChI=1S/C22H24N4O5S/c1-30-9-10-31-19-12-23-8-7-15(19)11-24-17-13-26(22(28)29)14-18(27)20(17)21(32)25-16-5-3-2-4-6-16/h2-8,12,24H,9-11,13-14H2,1H3,(H,25,32)(H,28,29). The Morgan fingerprint density at radius 1 is 1.22 bits per heavy atom. The molecular weight excluding hydrogens is 432 g/mol. The van der Waals surface area contributed by atoms with Crippen LogP contribution in [0.1, 0.15) is 5.56 Å². The molecule has 9 nitrogen and oxygen atoms in total. The highest BCUT2D eigenvalue weighted by molar-refractivity contribution is 7.81. The van der Waals surface area contributed by atoms with E-state index in [2.05, 4.69) is 15.6 Å². The first-order valence-corrected chi connectivity index (χ1v) is 10.3. The number of hydrogen-bond acceptors (Lipinski definition) is 7. The van der Waals surface area contributed by atoms with Gasteiger partial charge in [0.15, 0.2) is 5.78 Å². The molecule has 1 aromatic carbocycles. The van der Waals surface area contributed by atoms with E-state index >= 15 is 0 Å². The zero-order valence-corrected chi connectivity index (χ0v) is 18.4. The summed E-state index contributed by atoms with van der Waals surface area (Å²) in [5.74, 6) is 0.197. The first-order valence-electron chi connectivity index (χ1n) is 9.88. The van der Waals surface area contributed by atoms with Gasteiger partial charge in [-0.05, 0) is 18.2 Å². The van der Waals surface area contributed by atoms with Crippen LogP contribution in [0.4, 0.5) is 10.5 Å². The average molecular weight is 457 g/mol. The van der Waals surface area contributed by atoms with E-state index < -0.39 is 6.09 Å². The number of rotatable bonds is 9. The second kappa shape index (κ2) is 11.2. The summed E-state index contributed by atoms with van der Waals surface area (Å²) in [4.78, 5) is 29.7. The number of anilines is 1. The van der Waals surface area contributed by atoms with E-state index in [4.69, 9.17) is 21.7 Å². The minimum absolute atomic E-state index is 0.0119. The number of nitrogens with one attached hydrogen (secondary N) is 2. The number of nitrogens with zero attached hydrogens (tertiary/aromatic N) is 2. The molecule has 0 saturated heterocycles. The van der Waals surface area contributed by atoms with Crippen LogP contribution in [-0.2, 0) is 16.1 Å². The molecule has 2 aromatic rings. The normalized spacial score (nSPS) is 13.7. The zero-order valence-electron chi connectivity index (χ0n) is 17.5. The molecule has 3 N–H and O–H groups in total. The topological polar surface area (TPSA) is 113 Å². The van der Waals surface area contributed by atoms with E-state index in [1.165, 1.54) is 0 Å². The number of methoxy groups -OCH3 is 1. The van der Waals surface area contributed by atoms with Gasteiger partial charge in [-0.1, -0.05) is 30.4 Å². The molecule has 0 bridgehead atoms. The van der Waals surface area contributed by atoms with Gasteiger partial charge in [-0.25, -0.2) is 4.79 Å². The lowest BCUT2D eigenvalue weighted by atomic mass is 10.0. The number of ketones is 1. The lowest BCUT2D eigenvalue weighted by molar-refractivity contribution is -0.116. The van der Waals surface area contributed by atoms with E-state index in [1.54, 1.807) is 25.6 Å². The molecule has 0 radical (unpaired) electrons. The fraction of sp³-hybridized carbons (Fsp3) is 0.273. The van der Waals surface area contributed by atoms with Gasteiger partial charge in [0.05, 0.1) is 31.5 Å². The summed E-state index contributed by atoms with van der Waals surface area (Å²) in [6, 6.07) is 11.0. The highest BCUT2D eigenvalue weighted by Crippen LogP contribution is 2.21. The van der Waals surface area contributed by atoms with E-state index in [0.717, 1.165) is 16.2 Å². The molecule has 1 aliphatic heterocycles. The summed E-state index contributed by atoms with van der Waals surface area (Å²) in [5, 5.41) is 15.7. The Labute approximate surface area is 191 Å². The summed E-state index contributed by atoms with van der Waals surface area (Å²) in [6.07, 6.45) is 2.05. The first kappa shape index (κ1) is 23.2. The zero-order chi connectivity index (χ0) is 22.9. The molecular formula is C22H24N4O5S. The first-order chi connectivity index (χ1) is 15.5. The Bertz CT molecular complexity index is 1010. The van der Waals surface area contributed by atoms with Crippen molar-refractivity contribution in [3.05, 3.63) is 65.6 Å². The van der Waals surface area contributed by atoms with Gasteiger partial charge in [0, 0.05) is 36.8 Å². The summed E-state index contributed by atoms with van der Waals surface area (Å²) < 4.78 is 10.7. The number of carbonyl (C=O) groups is 2. The summed E-state index contributed by atoms with van der Waals surface area (Å²) in [5.41, 5.74) is 2.24. The number of benzene rings is 1. The number of ether oxygens (including phenoxy) is 2. The summed E-state index contributed by atoms with van der Waals surface area (Å²) >= 11 is 5.50. The number of para-hydroxylation sites is 1. The van der Waals surface area contributed by atoms with E-state index in [1.807, 2.05) is 30.3 Å². The second-order valence-electron chi connectivity index (χ2n) is 6.91. The number of carboxylic acid groups (broad SMARTS) is 1. The Balaban J connectivity index is 1.83. The molecule has 1 aliphatic rings. The lowest BCUT2D eigenvalue weighted by Crippen LogP contribution is -2.46. The Hall–Kier alpha value is -3.50. The predicted octanol–water partition coefficient (Wildman–Crippen LogP) is 2.45. The summed E-state index contributed by atoms with van der Waals surface area (Å²) in [6.45, 7) is 0.835. The van der Waals surface area contributed by atoms with Crippen LogP contribution in [0.25, 0.3) is 0 Å². The quantitative estimate of drug-likeness (QED) is 0.387. The van der Waals surface area contributed by atoms with Crippen molar-refractivity contribution in [2.45, 2.75) is 6.54 Å². The van der Waals surface area contributed by atoms with Crippen LogP contribution in [0.3, 0.4) is 0 Å². The van der Waals surface area contributed by atoms with Crippen LogP contribution >= 0.6 is 12.2 Å². The van der Waals surface area contributed by atoms with Crippen molar-refractivity contribution < 1.29 is 24.2 Å². The van der Waals surface area contributed by atoms with Crippen LogP contribution in [0.5, 0.6) is 5.75 Å². The van der Waals surface area contributed by atoms with Gasteiger partial charge in [0.2, 0.25) is 0 Å². The van der Waals surface area contributed by atoms with Crippen molar-refractivity contribution >= 4 is 34.8 Å². The molecule has 2 heterocycles. The highest BCUT2D eigenvalue weighted by Gasteiger charge is 2.31. The molecule has 0 spiro atoms. The fourth-order valence-electron chi connectivity index (χ4n) is 3.13. The molecule has 0 saturated carbocycles. The Kier molecular flexibility index (Phi) is 8.12. The molecule has 32 heavy (non-hydrogen) atoms. The van der Waals surface area contributed by atoms with Gasteiger partial charge in [-0.15, -0.1) is 0 Å². The molecule has 3 rings (SSSR count). The third-order valence-electron chi connectivity index (χ3n) is 4.70. The summed E-state index contributed by atoms with van der Waals surface area (Å²) in [7, 11) is 1.59. The number of hydrogen-bond donors (Lipinski definition) is 3. The van der Waals surface area contributed by atoms with Crippen molar-refractivity contribution in [1.29, 1.82) is 0 Å². The minimum atomic E-state index is -1.17. The second-order valence-corrected chi connectivity index (χ2v) is 7.32. The molecule has 0 atom stereocenters. The van der Waals surface area contributed by atoms with Crippen LogP contribution in [-0.4, -0.2) is 65.3 Å².